The smallest absolute Gasteiger partial charge is 0.381 e. The zero-order chi connectivity index (χ0) is 17.0. The maximum Gasteiger partial charge on any atom is 0.416 e. The molecule has 1 heterocycles. The Morgan fingerprint density at radius 2 is 1.96 bits per heavy atom. The molecule has 0 saturated carbocycles. The summed E-state index contributed by atoms with van der Waals surface area (Å²) in [5.74, 6) is -0.306. The van der Waals surface area contributed by atoms with Crippen molar-refractivity contribution in [3.63, 3.8) is 0 Å². The summed E-state index contributed by atoms with van der Waals surface area (Å²) in [7, 11) is 0. The summed E-state index contributed by atoms with van der Waals surface area (Å²) in [5, 5.41) is 2.70. The first-order valence-corrected chi connectivity index (χ1v) is 7.60. The second-order valence-electron chi connectivity index (χ2n) is 5.83. The fourth-order valence-electron chi connectivity index (χ4n) is 2.67. The van der Waals surface area contributed by atoms with Crippen molar-refractivity contribution >= 4 is 18.3 Å². The average molecular weight is 367 g/mol. The molecule has 0 bridgehead atoms. The predicted molar refractivity (Wildman–Crippen MR) is 86.8 cm³/mol. The third kappa shape index (κ3) is 5.36. The van der Waals surface area contributed by atoms with Crippen LogP contribution >= 0.6 is 12.4 Å². The van der Waals surface area contributed by atoms with Crippen LogP contribution in [0.5, 0.6) is 0 Å². The summed E-state index contributed by atoms with van der Waals surface area (Å²) in [6.07, 6.45) is -2.97. The molecule has 0 aromatic heterocycles. The lowest BCUT2D eigenvalue weighted by molar-refractivity contribution is -0.137. The lowest BCUT2D eigenvalue weighted by Gasteiger charge is -2.28. The molecule has 1 saturated heterocycles. The first-order valence-electron chi connectivity index (χ1n) is 7.60. The number of amides is 1. The minimum Gasteiger partial charge on any atom is -0.381 e. The standard InChI is InChI=1S/C16H21F3N2O2.ClH/c1-10(12-3-2-4-13(9-12)16(17,18)19)21-15(22)14(20)11-5-7-23-8-6-11;/h2-4,9-11,14H,5-8,20H2,1H3,(H,21,22);1H. The molecule has 1 aromatic carbocycles. The molecule has 2 atom stereocenters. The van der Waals surface area contributed by atoms with Crippen LogP contribution in [0.4, 0.5) is 13.2 Å². The predicted octanol–water partition coefficient (Wildman–Crippen LogP) is 3.06. The number of nitrogens with two attached hydrogens (primary N) is 1. The van der Waals surface area contributed by atoms with Crippen LogP contribution in [-0.2, 0) is 15.7 Å². The molecule has 2 rings (SSSR count). The van der Waals surface area contributed by atoms with Gasteiger partial charge < -0.3 is 15.8 Å². The Hall–Kier alpha value is -1.31. The van der Waals surface area contributed by atoms with Gasteiger partial charge in [0.15, 0.2) is 0 Å². The molecule has 1 aliphatic rings. The number of nitrogens with one attached hydrogen (secondary N) is 1. The number of hydrogen-bond acceptors (Lipinski definition) is 3. The van der Waals surface area contributed by atoms with E-state index in [1.807, 2.05) is 0 Å². The van der Waals surface area contributed by atoms with Crippen molar-refractivity contribution in [3.8, 4) is 0 Å². The molecule has 1 fully saturated rings. The van der Waals surface area contributed by atoms with E-state index in [2.05, 4.69) is 5.32 Å². The van der Waals surface area contributed by atoms with Gasteiger partial charge in [0.25, 0.3) is 0 Å². The van der Waals surface area contributed by atoms with Gasteiger partial charge in [0.05, 0.1) is 17.6 Å². The Bertz CT molecular complexity index is 548. The highest BCUT2D eigenvalue weighted by Gasteiger charge is 2.31. The number of halogens is 4. The SMILES string of the molecule is CC(NC(=O)C(N)C1CCOCC1)c1cccc(C(F)(F)F)c1.Cl. The van der Waals surface area contributed by atoms with Crippen LogP contribution in [0.3, 0.4) is 0 Å². The summed E-state index contributed by atoms with van der Waals surface area (Å²) in [5.41, 5.74) is 5.63. The van der Waals surface area contributed by atoms with Crippen molar-refractivity contribution < 1.29 is 22.7 Å². The van der Waals surface area contributed by atoms with E-state index in [1.165, 1.54) is 6.07 Å². The van der Waals surface area contributed by atoms with Gasteiger partial charge in [-0.15, -0.1) is 12.4 Å². The Morgan fingerprint density at radius 1 is 1.33 bits per heavy atom. The molecule has 1 aliphatic heterocycles. The minimum absolute atomic E-state index is 0. The van der Waals surface area contributed by atoms with E-state index in [0.717, 1.165) is 12.1 Å². The summed E-state index contributed by atoms with van der Waals surface area (Å²) >= 11 is 0. The molecule has 24 heavy (non-hydrogen) atoms. The van der Waals surface area contributed by atoms with E-state index in [9.17, 15) is 18.0 Å². The first-order chi connectivity index (χ1) is 10.8. The molecule has 8 heteroatoms. The van der Waals surface area contributed by atoms with Crippen molar-refractivity contribution in [1.29, 1.82) is 0 Å². The quantitative estimate of drug-likeness (QED) is 0.860. The van der Waals surface area contributed by atoms with Crippen molar-refractivity contribution in [2.45, 2.75) is 38.0 Å². The van der Waals surface area contributed by atoms with Gasteiger partial charge in [-0.2, -0.15) is 13.2 Å². The molecular weight excluding hydrogens is 345 g/mol. The van der Waals surface area contributed by atoms with Gasteiger partial charge in [0, 0.05) is 13.2 Å². The fourth-order valence-corrected chi connectivity index (χ4v) is 2.67. The Balaban J connectivity index is 0.00000288. The number of benzene rings is 1. The lowest BCUT2D eigenvalue weighted by atomic mass is 9.91. The van der Waals surface area contributed by atoms with Crippen LogP contribution in [0.1, 0.15) is 36.9 Å². The van der Waals surface area contributed by atoms with Gasteiger partial charge >= 0.3 is 6.18 Å². The number of carbonyl (C=O) groups is 1. The zero-order valence-corrected chi connectivity index (χ0v) is 14.1. The fraction of sp³-hybridized carbons (Fsp3) is 0.562. The van der Waals surface area contributed by atoms with Crippen molar-refractivity contribution in [2.24, 2.45) is 11.7 Å². The average Bonchev–Trinajstić information content (AvgIpc) is 2.54. The van der Waals surface area contributed by atoms with Crippen molar-refractivity contribution in [3.05, 3.63) is 35.4 Å². The highest BCUT2D eigenvalue weighted by Crippen LogP contribution is 2.30. The maximum absolute atomic E-state index is 12.7. The molecule has 3 N–H and O–H groups in total. The van der Waals surface area contributed by atoms with Gasteiger partial charge in [0.2, 0.25) is 5.91 Å². The van der Waals surface area contributed by atoms with Crippen LogP contribution in [0.15, 0.2) is 24.3 Å². The second-order valence-corrected chi connectivity index (χ2v) is 5.83. The molecule has 0 spiro atoms. The molecule has 136 valence electrons. The minimum atomic E-state index is -4.40. The Morgan fingerprint density at radius 3 is 2.54 bits per heavy atom. The number of hydrogen-bond donors (Lipinski definition) is 2. The van der Waals surface area contributed by atoms with E-state index < -0.39 is 23.8 Å². The van der Waals surface area contributed by atoms with Gasteiger partial charge in [-0.3, -0.25) is 4.79 Å². The third-order valence-corrected chi connectivity index (χ3v) is 4.15. The van der Waals surface area contributed by atoms with E-state index in [0.29, 0.717) is 31.6 Å². The summed E-state index contributed by atoms with van der Waals surface area (Å²) in [6.45, 7) is 2.80. The van der Waals surface area contributed by atoms with Crippen LogP contribution in [0.2, 0.25) is 0 Å². The Labute approximate surface area is 145 Å². The van der Waals surface area contributed by atoms with Crippen LogP contribution in [0, 0.1) is 5.92 Å². The molecule has 1 amide bonds. The third-order valence-electron chi connectivity index (χ3n) is 4.15. The molecule has 0 aliphatic carbocycles. The molecular formula is C16H22ClF3N2O2. The second kappa shape index (κ2) is 8.69. The number of ether oxygens (including phenoxy) is 1. The van der Waals surface area contributed by atoms with E-state index >= 15 is 0 Å². The topological polar surface area (TPSA) is 64.4 Å². The summed E-state index contributed by atoms with van der Waals surface area (Å²) < 4.78 is 43.5. The zero-order valence-electron chi connectivity index (χ0n) is 13.3. The molecule has 2 unspecified atom stereocenters. The van der Waals surface area contributed by atoms with Crippen LogP contribution in [0.25, 0.3) is 0 Å². The molecule has 0 radical (unpaired) electrons. The first kappa shape index (κ1) is 20.7. The van der Waals surface area contributed by atoms with Gasteiger partial charge in [0.1, 0.15) is 0 Å². The highest BCUT2D eigenvalue weighted by molar-refractivity contribution is 5.85. The molecule has 4 nitrogen and oxygen atoms in total. The number of carbonyl (C=O) groups excluding carboxylic acids is 1. The van der Waals surface area contributed by atoms with Gasteiger partial charge in [-0.1, -0.05) is 12.1 Å². The van der Waals surface area contributed by atoms with Crippen LogP contribution < -0.4 is 11.1 Å². The Kier molecular flexibility index (Phi) is 7.51. The maximum atomic E-state index is 12.7. The lowest BCUT2D eigenvalue weighted by Crippen LogP contribution is -2.47. The van der Waals surface area contributed by atoms with Gasteiger partial charge in [-0.05, 0) is 43.4 Å². The van der Waals surface area contributed by atoms with E-state index in [1.54, 1.807) is 13.0 Å². The van der Waals surface area contributed by atoms with E-state index in [4.69, 9.17) is 10.5 Å². The highest BCUT2D eigenvalue weighted by atomic mass is 35.5. The van der Waals surface area contributed by atoms with Crippen molar-refractivity contribution in [2.75, 3.05) is 13.2 Å². The largest absolute Gasteiger partial charge is 0.416 e. The van der Waals surface area contributed by atoms with Gasteiger partial charge in [-0.25, -0.2) is 0 Å². The monoisotopic (exact) mass is 366 g/mol. The number of rotatable bonds is 4. The number of alkyl halides is 3. The summed E-state index contributed by atoms with van der Waals surface area (Å²) in [6, 6.07) is 3.72. The normalized spacial score (nSPS) is 18.4. The molecule has 1 aromatic rings. The summed E-state index contributed by atoms with van der Waals surface area (Å²) in [4.78, 5) is 12.2. The van der Waals surface area contributed by atoms with E-state index in [-0.39, 0.29) is 24.2 Å². The van der Waals surface area contributed by atoms with Crippen molar-refractivity contribution in [1.82, 2.24) is 5.32 Å². The van der Waals surface area contributed by atoms with Crippen LogP contribution in [-0.4, -0.2) is 25.2 Å².